The van der Waals surface area contributed by atoms with Crippen LogP contribution in [-0.2, 0) is 11.3 Å². The number of aliphatic hydroxyl groups excluding tert-OH is 1. The van der Waals surface area contributed by atoms with Crippen molar-refractivity contribution in [3.05, 3.63) is 22.4 Å². The Balaban J connectivity index is 2.04. The molecular weight excluding hydrogens is 222 g/mol. The first-order valence-corrected chi connectivity index (χ1v) is 6.62. The molecule has 16 heavy (non-hydrogen) atoms. The summed E-state index contributed by atoms with van der Waals surface area (Å²) in [6.07, 6.45) is 0.650. The van der Waals surface area contributed by atoms with E-state index in [2.05, 4.69) is 19.2 Å². The minimum absolute atomic E-state index is 0.390. The van der Waals surface area contributed by atoms with Crippen LogP contribution in [0, 0.1) is 0 Å². The van der Waals surface area contributed by atoms with Gasteiger partial charge in [-0.3, -0.25) is 0 Å². The van der Waals surface area contributed by atoms with Crippen LogP contribution >= 0.6 is 11.3 Å². The largest absolute Gasteiger partial charge is 0.389 e. The third-order valence-electron chi connectivity index (χ3n) is 2.45. The molecule has 0 amide bonds. The van der Waals surface area contributed by atoms with Crippen molar-refractivity contribution in [1.82, 2.24) is 5.32 Å². The summed E-state index contributed by atoms with van der Waals surface area (Å²) in [5.74, 6) is 0. The Morgan fingerprint density at radius 1 is 1.56 bits per heavy atom. The van der Waals surface area contributed by atoms with Crippen LogP contribution in [0.2, 0.25) is 0 Å². The zero-order chi connectivity index (χ0) is 11.8. The van der Waals surface area contributed by atoms with Gasteiger partial charge < -0.3 is 15.2 Å². The summed E-state index contributed by atoms with van der Waals surface area (Å²) < 4.78 is 5.43. The Kier molecular flexibility index (Phi) is 6.64. The molecule has 0 radical (unpaired) electrons. The van der Waals surface area contributed by atoms with Gasteiger partial charge in [-0.1, -0.05) is 13.0 Å². The van der Waals surface area contributed by atoms with E-state index in [-0.39, 0.29) is 0 Å². The average molecular weight is 243 g/mol. The predicted molar refractivity (Wildman–Crippen MR) is 67.7 cm³/mol. The molecule has 4 heteroatoms. The number of aliphatic hydroxyl groups is 1. The van der Waals surface area contributed by atoms with Gasteiger partial charge in [-0.05, 0) is 24.8 Å². The van der Waals surface area contributed by atoms with Crippen molar-refractivity contribution < 1.29 is 9.84 Å². The number of rotatable bonds is 8. The number of nitrogens with one attached hydrogen (secondary N) is 1. The van der Waals surface area contributed by atoms with Crippen molar-refractivity contribution in [3.63, 3.8) is 0 Å². The van der Waals surface area contributed by atoms with E-state index in [4.69, 9.17) is 4.74 Å². The van der Waals surface area contributed by atoms with Gasteiger partial charge in [0.15, 0.2) is 0 Å². The summed E-state index contributed by atoms with van der Waals surface area (Å²) in [4.78, 5) is 1.20. The summed E-state index contributed by atoms with van der Waals surface area (Å²) in [5, 5.41) is 14.9. The van der Waals surface area contributed by atoms with E-state index in [9.17, 15) is 5.11 Å². The minimum atomic E-state index is -0.422. The molecule has 0 bridgehead atoms. The summed E-state index contributed by atoms with van der Waals surface area (Å²) >= 11 is 1.67. The molecule has 1 aromatic rings. The lowest BCUT2D eigenvalue weighted by molar-refractivity contribution is 0.0288. The highest BCUT2D eigenvalue weighted by Crippen LogP contribution is 2.09. The molecule has 0 saturated carbocycles. The molecule has 3 nitrogen and oxygen atoms in total. The molecule has 0 aromatic carbocycles. The molecular formula is C12H21NO2S. The van der Waals surface area contributed by atoms with E-state index in [1.165, 1.54) is 4.88 Å². The second kappa shape index (κ2) is 7.79. The fourth-order valence-corrected chi connectivity index (χ4v) is 1.87. The third-order valence-corrected chi connectivity index (χ3v) is 3.30. The van der Waals surface area contributed by atoms with Crippen molar-refractivity contribution in [2.75, 3.05) is 13.2 Å². The van der Waals surface area contributed by atoms with Crippen LogP contribution in [0.25, 0.3) is 0 Å². The molecule has 1 rings (SSSR count). The van der Waals surface area contributed by atoms with Crippen LogP contribution in [0.3, 0.4) is 0 Å². The molecule has 2 unspecified atom stereocenters. The standard InChI is InChI=1S/C12H21NO2S/c1-3-10(2)13-7-11(14)8-15-9-12-5-4-6-16-12/h4-6,10-11,13-14H,3,7-9H2,1-2H3. The summed E-state index contributed by atoms with van der Waals surface area (Å²) in [6, 6.07) is 4.49. The first kappa shape index (κ1) is 13.6. The molecule has 2 N–H and O–H groups in total. The summed E-state index contributed by atoms with van der Waals surface area (Å²) in [5.41, 5.74) is 0. The van der Waals surface area contributed by atoms with Gasteiger partial charge in [-0.2, -0.15) is 0 Å². The average Bonchev–Trinajstić information content (AvgIpc) is 2.79. The maximum absolute atomic E-state index is 9.64. The van der Waals surface area contributed by atoms with E-state index in [1.807, 2.05) is 17.5 Å². The highest BCUT2D eigenvalue weighted by atomic mass is 32.1. The molecule has 0 saturated heterocycles. The van der Waals surface area contributed by atoms with Crippen molar-refractivity contribution in [2.45, 2.75) is 39.0 Å². The first-order chi connectivity index (χ1) is 7.72. The Bertz CT molecular complexity index is 264. The predicted octanol–water partition coefficient (Wildman–Crippen LogP) is 2.01. The van der Waals surface area contributed by atoms with Crippen molar-refractivity contribution in [3.8, 4) is 0 Å². The Morgan fingerprint density at radius 3 is 3.00 bits per heavy atom. The van der Waals surface area contributed by atoms with Crippen LogP contribution in [-0.4, -0.2) is 30.4 Å². The van der Waals surface area contributed by atoms with Gasteiger partial charge in [0.2, 0.25) is 0 Å². The van der Waals surface area contributed by atoms with E-state index >= 15 is 0 Å². The molecule has 92 valence electrons. The normalized spacial score (nSPS) is 14.9. The van der Waals surface area contributed by atoms with Crippen LogP contribution in [0.15, 0.2) is 17.5 Å². The number of ether oxygens (including phenoxy) is 1. The first-order valence-electron chi connectivity index (χ1n) is 5.74. The van der Waals surface area contributed by atoms with Crippen LogP contribution in [0.4, 0.5) is 0 Å². The zero-order valence-electron chi connectivity index (χ0n) is 9.98. The van der Waals surface area contributed by atoms with Crippen LogP contribution < -0.4 is 5.32 Å². The summed E-state index contributed by atoms with van der Waals surface area (Å²) in [7, 11) is 0. The van der Waals surface area contributed by atoms with Crippen molar-refractivity contribution in [2.24, 2.45) is 0 Å². The molecule has 0 fully saturated rings. The lowest BCUT2D eigenvalue weighted by Gasteiger charge is -2.15. The van der Waals surface area contributed by atoms with Gasteiger partial charge in [0.1, 0.15) is 0 Å². The molecule has 1 heterocycles. The number of thiophene rings is 1. The Morgan fingerprint density at radius 2 is 2.38 bits per heavy atom. The van der Waals surface area contributed by atoms with Crippen molar-refractivity contribution >= 4 is 11.3 Å². The quantitative estimate of drug-likeness (QED) is 0.734. The monoisotopic (exact) mass is 243 g/mol. The maximum atomic E-state index is 9.64. The summed E-state index contributed by atoms with van der Waals surface area (Å²) in [6.45, 7) is 5.81. The van der Waals surface area contributed by atoms with Gasteiger partial charge in [-0.25, -0.2) is 0 Å². The molecule has 0 spiro atoms. The minimum Gasteiger partial charge on any atom is -0.389 e. The molecule has 0 aliphatic carbocycles. The smallest absolute Gasteiger partial charge is 0.0897 e. The zero-order valence-corrected chi connectivity index (χ0v) is 10.8. The molecule has 0 aliphatic heterocycles. The molecule has 2 atom stereocenters. The van der Waals surface area contributed by atoms with Gasteiger partial charge >= 0.3 is 0 Å². The SMILES string of the molecule is CCC(C)NCC(O)COCc1cccs1. The van der Waals surface area contributed by atoms with E-state index in [0.717, 1.165) is 6.42 Å². The fourth-order valence-electron chi connectivity index (χ4n) is 1.23. The van der Waals surface area contributed by atoms with E-state index in [0.29, 0.717) is 25.8 Å². The topological polar surface area (TPSA) is 41.5 Å². The van der Waals surface area contributed by atoms with Crippen molar-refractivity contribution in [1.29, 1.82) is 0 Å². The molecule has 0 aliphatic rings. The highest BCUT2D eigenvalue weighted by molar-refractivity contribution is 7.09. The lowest BCUT2D eigenvalue weighted by Crippen LogP contribution is -2.35. The lowest BCUT2D eigenvalue weighted by atomic mass is 10.2. The van der Waals surface area contributed by atoms with Gasteiger partial charge in [0.25, 0.3) is 0 Å². The van der Waals surface area contributed by atoms with Gasteiger partial charge in [-0.15, -0.1) is 11.3 Å². The van der Waals surface area contributed by atoms with E-state index < -0.39 is 6.10 Å². The third kappa shape index (κ3) is 5.61. The Hall–Kier alpha value is -0.420. The van der Waals surface area contributed by atoms with E-state index in [1.54, 1.807) is 11.3 Å². The molecule has 1 aromatic heterocycles. The Labute approximate surface area is 101 Å². The second-order valence-corrected chi connectivity index (χ2v) is 5.00. The second-order valence-electron chi connectivity index (χ2n) is 3.97. The highest BCUT2D eigenvalue weighted by Gasteiger charge is 2.06. The van der Waals surface area contributed by atoms with Crippen LogP contribution in [0.1, 0.15) is 25.1 Å². The maximum Gasteiger partial charge on any atom is 0.0897 e. The number of hydrogen-bond donors (Lipinski definition) is 2. The fraction of sp³-hybridized carbons (Fsp3) is 0.667. The van der Waals surface area contributed by atoms with Crippen LogP contribution in [0.5, 0.6) is 0 Å². The van der Waals surface area contributed by atoms with Gasteiger partial charge in [0.05, 0.1) is 19.3 Å². The number of hydrogen-bond acceptors (Lipinski definition) is 4. The van der Waals surface area contributed by atoms with Gasteiger partial charge in [0, 0.05) is 17.5 Å².